The maximum absolute atomic E-state index is 12.5. The van der Waals surface area contributed by atoms with E-state index in [1.165, 1.54) is 14.0 Å². The lowest BCUT2D eigenvalue weighted by Gasteiger charge is -2.30. The number of ether oxygens (including phenoxy) is 4. The molecule has 2 aromatic rings. The van der Waals surface area contributed by atoms with Crippen molar-refractivity contribution in [2.45, 2.75) is 32.7 Å². The molecule has 1 heterocycles. The minimum absolute atomic E-state index is 0.0304. The van der Waals surface area contributed by atoms with Crippen molar-refractivity contribution in [3.8, 4) is 17.2 Å². The summed E-state index contributed by atoms with van der Waals surface area (Å²) in [6.45, 7) is 3.19. The Morgan fingerprint density at radius 1 is 1.08 bits per heavy atom. The summed E-state index contributed by atoms with van der Waals surface area (Å²) in [5.74, 6) is 1.03. The Kier molecular flexibility index (Phi) is 5.11. The fourth-order valence-electron chi connectivity index (χ4n) is 2.72. The van der Waals surface area contributed by atoms with Gasteiger partial charge in [-0.25, -0.2) is 4.79 Å². The number of carbonyl (C=O) groups excluding carboxylic acids is 2. The second-order valence-electron chi connectivity index (χ2n) is 6.00. The first-order valence-corrected chi connectivity index (χ1v) is 8.26. The topological polar surface area (TPSA) is 71.1 Å². The molecule has 1 aliphatic rings. The number of methoxy groups -OCH3 is 1. The van der Waals surface area contributed by atoms with Crippen LogP contribution in [0.5, 0.6) is 17.2 Å². The molecule has 2 atom stereocenters. The molecule has 0 saturated heterocycles. The smallest absolute Gasteiger partial charge is 0.351 e. The predicted octanol–water partition coefficient (Wildman–Crippen LogP) is 3.17. The van der Waals surface area contributed by atoms with E-state index in [4.69, 9.17) is 18.9 Å². The Hall–Kier alpha value is -3.02. The molecule has 0 fully saturated rings. The molecule has 0 bridgehead atoms. The van der Waals surface area contributed by atoms with Gasteiger partial charge in [0.05, 0.1) is 7.11 Å². The number of benzene rings is 2. The van der Waals surface area contributed by atoms with E-state index in [9.17, 15) is 9.59 Å². The standard InChI is InChI=1S/C20H20O6/c1-12(21)14-8-9-16(23-3)15(10-14)11-24-20(22)19-13(2)25-17-6-4-5-7-18(17)26-19/h4-10,13,19H,11H2,1-3H3/t13-,19-/m0/s1. The molecule has 26 heavy (non-hydrogen) atoms. The molecule has 0 saturated carbocycles. The maximum Gasteiger partial charge on any atom is 0.351 e. The Labute approximate surface area is 151 Å². The zero-order valence-corrected chi connectivity index (χ0v) is 14.9. The number of para-hydroxylation sites is 2. The lowest BCUT2D eigenvalue weighted by Crippen LogP contribution is -2.44. The van der Waals surface area contributed by atoms with E-state index < -0.39 is 18.2 Å². The normalized spacial score (nSPS) is 18.1. The third-order valence-corrected chi connectivity index (χ3v) is 4.13. The average Bonchev–Trinajstić information content (AvgIpc) is 2.65. The summed E-state index contributed by atoms with van der Waals surface area (Å²) in [5.41, 5.74) is 1.13. The number of fused-ring (bicyclic) bond motifs is 1. The van der Waals surface area contributed by atoms with Crippen LogP contribution in [0.15, 0.2) is 42.5 Å². The third-order valence-electron chi connectivity index (χ3n) is 4.13. The molecule has 2 aromatic carbocycles. The van der Waals surface area contributed by atoms with Crippen molar-refractivity contribution < 1.29 is 28.5 Å². The number of carbonyl (C=O) groups is 2. The van der Waals surface area contributed by atoms with Crippen molar-refractivity contribution in [1.29, 1.82) is 0 Å². The number of esters is 1. The van der Waals surface area contributed by atoms with Crippen LogP contribution >= 0.6 is 0 Å². The van der Waals surface area contributed by atoms with Crippen molar-refractivity contribution in [3.63, 3.8) is 0 Å². The van der Waals surface area contributed by atoms with Gasteiger partial charge >= 0.3 is 5.97 Å². The Bertz CT molecular complexity index is 829. The minimum Gasteiger partial charge on any atom is -0.496 e. The molecule has 6 nitrogen and oxygen atoms in total. The average molecular weight is 356 g/mol. The molecule has 0 amide bonds. The first-order valence-electron chi connectivity index (χ1n) is 8.26. The predicted molar refractivity (Wildman–Crippen MR) is 93.7 cm³/mol. The Morgan fingerprint density at radius 3 is 2.42 bits per heavy atom. The highest BCUT2D eigenvalue weighted by molar-refractivity contribution is 5.94. The van der Waals surface area contributed by atoms with Crippen molar-refractivity contribution in [2.24, 2.45) is 0 Å². The zero-order chi connectivity index (χ0) is 18.7. The van der Waals surface area contributed by atoms with Crippen molar-refractivity contribution in [1.82, 2.24) is 0 Å². The summed E-state index contributed by atoms with van der Waals surface area (Å²) < 4.78 is 22.1. The number of hydrogen-bond acceptors (Lipinski definition) is 6. The van der Waals surface area contributed by atoms with Crippen LogP contribution in [0.25, 0.3) is 0 Å². The summed E-state index contributed by atoms with van der Waals surface area (Å²) in [5, 5.41) is 0. The largest absolute Gasteiger partial charge is 0.496 e. The van der Waals surface area contributed by atoms with Crippen LogP contribution in [0.4, 0.5) is 0 Å². The second kappa shape index (κ2) is 7.47. The monoisotopic (exact) mass is 356 g/mol. The lowest BCUT2D eigenvalue weighted by molar-refractivity contribution is -0.159. The van der Waals surface area contributed by atoms with Gasteiger partial charge in [-0.05, 0) is 44.2 Å². The molecule has 0 unspecified atom stereocenters. The van der Waals surface area contributed by atoms with E-state index in [2.05, 4.69) is 0 Å². The van der Waals surface area contributed by atoms with Gasteiger partial charge in [0.2, 0.25) is 6.10 Å². The van der Waals surface area contributed by atoms with Crippen molar-refractivity contribution in [3.05, 3.63) is 53.6 Å². The van der Waals surface area contributed by atoms with Gasteiger partial charge in [0.1, 0.15) is 18.5 Å². The molecule has 3 rings (SSSR count). The fraction of sp³-hybridized carbons (Fsp3) is 0.300. The summed E-state index contributed by atoms with van der Waals surface area (Å²) in [4.78, 5) is 24.0. The molecular weight excluding hydrogens is 336 g/mol. The van der Waals surface area contributed by atoms with Crippen LogP contribution in [-0.2, 0) is 16.1 Å². The molecule has 0 N–H and O–H groups in total. The van der Waals surface area contributed by atoms with Crippen molar-refractivity contribution in [2.75, 3.05) is 7.11 Å². The van der Waals surface area contributed by atoms with Gasteiger partial charge in [-0.2, -0.15) is 0 Å². The molecule has 0 aliphatic carbocycles. The maximum atomic E-state index is 12.5. The molecule has 0 radical (unpaired) electrons. The SMILES string of the molecule is COc1ccc(C(C)=O)cc1COC(=O)[C@H]1Oc2ccccc2O[C@H]1C. The number of hydrogen-bond donors (Lipinski definition) is 0. The van der Waals surface area contributed by atoms with E-state index in [0.29, 0.717) is 28.4 Å². The van der Waals surface area contributed by atoms with Gasteiger partial charge in [-0.1, -0.05) is 12.1 Å². The quantitative estimate of drug-likeness (QED) is 0.605. The van der Waals surface area contributed by atoms with Crippen LogP contribution in [0.2, 0.25) is 0 Å². The van der Waals surface area contributed by atoms with Crippen LogP contribution < -0.4 is 14.2 Å². The first kappa shape index (κ1) is 17.8. The van der Waals surface area contributed by atoms with Crippen LogP contribution in [0.1, 0.15) is 29.8 Å². The second-order valence-corrected chi connectivity index (χ2v) is 6.00. The molecule has 1 aliphatic heterocycles. The minimum atomic E-state index is -0.869. The van der Waals surface area contributed by atoms with E-state index >= 15 is 0 Å². The lowest BCUT2D eigenvalue weighted by atomic mass is 10.1. The molecule has 0 aromatic heterocycles. The summed E-state index contributed by atoms with van der Waals surface area (Å²) in [6, 6.07) is 12.2. The van der Waals surface area contributed by atoms with E-state index in [0.717, 1.165) is 0 Å². The third kappa shape index (κ3) is 3.64. The fourth-order valence-corrected chi connectivity index (χ4v) is 2.72. The highest BCUT2D eigenvalue weighted by Gasteiger charge is 2.35. The zero-order valence-electron chi connectivity index (χ0n) is 14.9. The van der Waals surface area contributed by atoms with Crippen molar-refractivity contribution >= 4 is 11.8 Å². The van der Waals surface area contributed by atoms with Gasteiger partial charge in [-0.15, -0.1) is 0 Å². The van der Waals surface area contributed by atoms with Gasteiger partial charge in [0.15, 0.2) is 17.3 Å². The molecular formula is C20H20O6. The van der Waals surface area contributed by atoms with E-state index in [1.54, 1.807) is 43.3 Å². The Morgan fingerprint density at radius 2 is 1.77 bits per heavy atom. The first-order chi connectivity index (χ1) is 12.5. The van der Waals surface area contributed by atoms with Gasteiger partial charge < -0.3 is 18.9 Å². The van der Waals surface area contributed by atoms with Gasteiger partial charge in [-0.3, -0.25) is 4.79 Å². The number of Topliss-reactive ketones (excluding diaryl/α,β-unsaturated/α-hetero) is 1. The highest BCUT2D eigenvalue weighted by atomic mass is 16.6. The Balaban J connectivity index is 1.71. The van der Waals surface area contributed by atoms with E-state index in [1.807, 2.05) is 6.07 Å². The molecule has 0 spiro atoms. The molecule has 6 heteroatoms. The van der Waals surface area contributed by atoms with Gasteiger partial charge in [0.25, 0.3) is 0 Å². The number of rotatable bonds is 5. The van der Waals surface area contributed by atoms with Crippen LogP contribution in [0.3, 0.4) is 0 Å². The van der Waals surface area contributed by atoms with Gasteiger partial charge in [0, 0.05) is 11.1 Å². The molecule has 136 valence electrons. The number of ketones is 1. The van der Waals surface area contributed by atoms with Crippen LogP contribution in [-0.4, -0.2) is 31.1 Å². The highest BCUT2D eigenvalue weighted by Crippen LogP contribution is 2.34. The van der Waals surface area contributed by atoms with Crippen LogP contribution in [0, 0.1) is 0 Å². The van der Waals surface area contributed by atoms with E-state index in [-0.39, 0.29) is 12.4 Å². The summed E-state index contributed by atoms with van der Waals surface area (Å²) in [7, 11) is 1.52. The summed E-state index contributed by atoms with van der Waals surface area (Å²) in [6.07, 6.45) is -1.35. The summed E-state index contributed by atoms with van der Waals surface area (Å²) >= 11 is 0.